The van der Waals surface area contributed by atoms with Gasteiger partial charge >= 0.3 is 11.9 Å². The lowest BCUT2D eigenvalue weighted by atomic mass is 10.1. The Morgan fingerprint density at radius 1 is 0.660 bits per heavy atom. The molecule has 0 bridgehead atoms. The summed E-state index contributed by atoms with van der Waals surface area (Å²) in [5.41, 5.74) is 0. The summed E-state index contributed by atoms with van der Waals surface area (Å²) in [5.74, 6) is -6.31. The molecule has 0 aliphatic heterocycles. The molecule has 0 radical (unpaired) electrons. The highest BCUT2D eigenvalue weighted by molar-refractivity contribution is 9.09. The molecule has 0 aromatic carbocycles. The molecule has 0 fully saturated rings. The van der Waals surface area contributed by atoms with E-state index in [4.69, 9.17) is 42.9 Å². The van der Waals surface area contributed by atoms with E-state index in [0.29, 0.717) is 0 Å². The molecule has 47 heavy (non-hydrogen) atoms. The number of nitrogens with zero attached hydrogens (tertiary/aromatic N) is 1. The van der Waals surface area contributed by atoms with Crippen LogP contribution in [0.3, 0.4) is 0 Å². The number of carboxylic acids is 2. The molecule has 0 aliphatic rings. The van der Waals surface area contributed by atoms with Crippen LogP contribution >= 0.6 is 39.1 Å². The zero-order valence-electron chi connectivity index (χ0n) is 25.5. The first-order chi connectivity index (χ1) is 22.3. The van der Waals surface area contributed by atoms with Gasteiger partial charge in [-0.1, -0.05) is 15.9 Å². The standard InChI is InChI=1S/C26H41BrCl2N6O12/c27-13-20(37)34-18(26(44)45)1-3-19(36)32-7-10-46-11-12-47-16-23(40)33-17(2-4-24(41)42)25(43)35(8-5-30-21(38)14-28)9-6-31-22(39)15-29/h17-18H,1-16H2,(H,30,38)(H,31,39)(H,32,36)(H,33,40)(H,34,37)(H,41,42)(H,44,45)/t17?,18-/m0/s1. The second kappa shape index (κ2) is 26.8. The van der Waals surface area contributed by atoms with Crippen molar-refractivity contribution in [3.05, 3.63) is 0 Å². The highest BCUT2D eigenvalue weighted by atomic mass is 79.9. The predicted molar refractivity (Wildman–Crippen MR) is 170 cm³/mol. The highest BCUT2D eigenvalue weighted by Gasteiger charge is 2.27. The molecule has 0 aliphatic carbocycles. The van der Waals surface area contributed by atoms with Gasteiger partial charge in [0, 0.05) is 45.6 Å². The fraction of sp³-hybridized carbons (Fsp3) is 0.692. The Bertz CT molecular complexity index is 1040. The minimum absolute atomic E-state index is 0.00951. The molecule has 1 unspecified atom stereocenters. The average Bonchev–Trinajstić information content (AvgIpc) is 3.04. The van der Waals surface area contributed by atoms with Crippen LogP contribution in [-0.2, 0) is 47.8 Å². The Hall–Kier alpha value is -3.26. The number of hydrogen-bond donors (Lipinski definition) is 7. The zero-order chi connectivity index (χ0) is 35.6. The van der Waals surface area contributed by atoms with Crippen LogP contribution in [0, 0.1) is 0 Å². The molecule has 21 heteroatoms. The summed E-state index contributed by atoms with van der Waals surface area (Å²) in [7, 11) is 0. The fourth-order valence-electron chi connectivity index (χ4n) is 3.57. The van der Waals surface area contributed by atoms with Crippen LogP contribution < -0.4 is 26.6 Å². The van der Waals surface area contributed by atoms with Gasteiger partial charge in [0.2, 0.25) is 35.4 Å². The summed E-state index contributed by atoms with van der Waals surface area (Å²) in [5, 5.41) is 30.4. The first-order valence-corrected chi connectivity index (χ1v) is 16.5. The molecule has 0 heterocycles. The van der Waals surface area contributed by atoms with E-state index in [1.807, 2.05) is 0 Å². The molecular formula is C26H41BrCl2N6O12. The molecule has 18 nitrogen and oxygen atoms in total. The third-order valence-electron chi connectivity index (χ3n) is 5.83. The van der Waals surface area contributed by atoms with Crippen molar-refractivity contribution >= 4 is 86.5 Å². The van der Waals surface area contributed by atoms with E-state index < -0.39 is 72.5 Å². The Labute approximate surface area is 289 Å². The molecule has 0 aromatic rings. The first kappa shape index (κ1) is 43.7. The third-order valence-corrected chi connectivity index (χ3v) is 6.83. The molecule has 0 spiro atoms. The van der Waals surface area contributed by atoms with Crippen LogP contribution in [0.1, 0.15) is 25.7 Å². The maximum atomic E-state index is 13.3. The summed E-state index contributed by atoms with van der Waals surface area (Å²) in [6.45, 7) is -0.303. The van der Waals surface area contributed by atoms with E-state index in [-0.39, 0.29) is 88.9 Å². The van der Waals surface area contributed by atoms with Gasteiger partial charge in [0.15, 0.2) is 0 Å². The Morgan fingerprint density at radius 3 is 1.72 bits per heavy atom. The lowest BCUT2D eigenvalue weighted by Gasteiger charge is -2.28. The second-order valence-electron chi connectivity index (χ2n) is 9.49. The Kier molecular flexibility index (Phi) is 24.9. The molecule has 268 valence electrons. The second-order valence-corrected chi connectivity index (χ2v) is 10.6. The van der Waals surface area contributed by atoms with Crippen LogP contribution in [0.5, 0.6) is 0 Å². The Morgan fingerprint density at radius 2 is 1.19 bits per heavy atom. The van der Waals surface area contributed by atoms with Gasteiger partial charge in [-0.3, -0.25) is 33.6 Å². The van der Waals surface area contributed by atoms with Gasteiger partial charge in [-0.2, -0.15) is 0 Å². The number of ether oxygens (including phenoxy) is 2. The van der Waals surface area contributed by atoms with Crippen LogP contribution in [0.2, 0.25) is 0 Å². The number of alkyl halides is 3. The number of nitrogens with one attached hydrogen (secondary N) is 5. The van der Waals surface area contributed by atoms with Crippen LogP contribution in [-0.4, -0.2) is 151 Å². The monoisotopic (exact) mass is 778 g/mol. The first-order valence-electron chi connectivity index (χ1n) is 14.3. The number of amides is 6. The molecule has 0 saturated heterocycles. The summed E-state index contributed by atoms with van der Waals surface area (Å²) in [6.07, 6.45) is -0.914. The van der Waals surface area contributed by atoms with Gasteiger partial charge in [0.1, 0.15) is 30.5 Å². The van der Waals surface area contributed by atoms with E-state index in [9.17, 15) is 38.4 Å². The molecule has 7 N–H and O–H groups in total. The van der Waals surface area contributed by atoms with E-state index in [1.165, 1.54) is 4.90 Å². The average molecular weight is 780 g/mol. The summed E-state index contributed by atoms with van der Waals surface area (Å²) >= 11 is 13.8. The number of carbonyl (C=O) groups is 8. The number of aliphatic carboxylic acids is 2. The van der Waals surface area contributed by atoms with Gasteiger partial charge in [0.25, 0.3) is 0 Å². The van der Waals surface area contributed by atoms with Crippen molar-refractivity contribution in [2.75, 3.05) is 76.2 Å². The summed E-state index contributed by atoms with van der Waals surface area (Å²) < 4.78 is 10.6. The number of carboxylic acid groups (broad SMARTS) is 2. The van der Waals surface area contributed by atoms with E-state index in [0.717, 1.165) is 0 Å². The number of rotatable bonds is 27. The van der Waals surface area contributed by atoms with Gasteiger partial charge in [-0.15, -0.1) is 23.2 Å². The number of carbonyl (C=O) groups excluding carboxylic acids is 6. The smallest absolute Gasteiger partial charge is 0.326 e. The SMILES string of the molecule is O=C(O)CCC(NC(=O)COCCOCCNC(=O)CC[C@H](NC(=O)CBr)C(=O)O)C(=O)N(CCNC(=O)CCl)CCNC(=O)CCl. The van der Waals surface area contributed by atoms with Crippen LogP contribution in [0.15, 0.2) is 0 Å². The molecule has 0 saturated carbocycles. The quantitative estimate of drug-likeness (QED) is 0.0345. The largest absolute Gasteiger partial charge is 0.481 e. The van der Waals surface area contributed by atoms with Crippen molar-refractivity contribution in [3.63, 3.8) is 0 Å². The Balaban J connectivity index is 4.70. The molecule has 2 atom stereocenters. The predicted octanol–water partition coefficient (Wildman–Crippen LogP) is -2.23. The normalized spacial score (nSPS) is 11.8. The highest BCUT2D eigenvalue weighted by Crippen LogP contribution is 2.05. The zero-order valence-corrected chi connectivity index (χ0v) is 28.6. The minimum Gasteiger partial charge on any atom is -0.481 e. The van der Waals surface area contributed by atoms with Crippen molar-refractivity contribution < 1.29 is 58.0 Å². The maximum Gasteiger partial charge on any atom is 0.326 e. The van der Waals surface area contributed by atoms with Gasteiger partial charge in [-0.05, 0) is 12.8 Å². The van der Waals surface area contributed by atoms with E-state index in [2.05, 4.69) is 42.5 Å². The summed E-state index contributed by atoms with van der Waals surface area (Å²) in [4.78, 5) is 95.6. The minimum atomic E-state index is -1.26. The van der Waals surface area contributed by atoms with Gasteiger partial charge in [-0.25, -0.2) is 4.79 Å². The molecule has 0 rings (SSSR count). The molecule has 6 amide bonds. The van der Waals surface area contributed by atoms with Crippen molar-refractivity contribution in [2.24, 2.45) is 0 Å². The third kappa shape index (κ3) is 22.8. The maximum absolute atomic E-state index is 13.3. The van der Waals surface area contributed by atoms with Crippen LogP contribution in [0.4, 0.5) is 0 Å². The van der Waals surface area contributed by atoms with E-state index in [1.54, 1.807) is 0 Å². The van der Waals surface area contributed by atoms with E-state index >= 15 is 0 Å². The lowest BCUT2D eigenvalue weighted by Crippen LogP contribution is -2.52. The number of hydrogen-bond acceptors (Lipinski definition) is 10. The molecule has 0 aromatic heterocycles. The topological polar surface area (TPSA) is 259 Å². The van der Waals surface area contributed by atoms with Gasteiger partial charge in [0.05, 0.1) is 25.2 Å². The molecular weight excluding hydrogens is 739 g/mol. The van der Waals surface area contributed by atoms with Crippen molar-refractivity contribution in [1.29, 1.82) is 0 Å². The van der Waals surface area contributed by atoms with Gasteiger partial charge < -0.3 is 51.2 Å². The summed E-state index contributed by atoms with van der Waals surface area (Å²) in [6, 6.07) is -2.45. The van der Waals surface area contributed by atoms with Crippen LogP contribution in [0.25, 0.3) is 0 Å². The van der Waals surface area contributed by atoms with Crippen molar-refractivity contribution in [1.82, 2.24) is 31.5 Å². The van der Waals surface area contributed by atoms with Crippen molar-refractivity contribution in [3.8, 4) is 0 Å². The van der Waals surface area contributed by atoms with Crippen molar-refractivity contribution in [2.45, 2.75) is 37.8 Å². The lowest BCUT2D eigenvalue weighted by molar-refractivity contribution is -0.142. The number of halogens is 3. The fourth-order valence-corrected chi connectivity index (χ4v) is 3.92.